The van der Waals surface area contributed by atoms with Crippen molar-refractivity contribution in [3.05, 3.63) is 24.4 Å². The van der Waals surface area contributed by atoms with Crippen LogP contribution in [0.2, 0.25) is 0 Å². The molecule has 0 amide bonds. The van der Waals surface area contributed by atoms with Crippen LogP contribution in [0.4, 0.5) is 5.82 Å². The monoisotopic (exact) mass is 247 g/mol. The molecule has 5 nitrogen and oxygen atoms in total. The molecule has 98 valence electrons. The Hall–Kier alpha value is -1.78. The first-order valence-corrected chi connectivity index (χ1v) is 6.46. The van der Waals surface area contributed by atoms with Crippen molar-refractivity contribution in [1.82, 2.24) is 15.2 Å². The lowest BCUT2D eigenvalue weighted by Gasteiger charge is -2.37. The summed E-state index contributed by atoms with van der Waals surface area (Å²) in [5.74, 6) is 2.06. The molecule has 1 fully saturated rings. The van der Waals surface area contributed by atoms with Gasteiger partial charge in [-0.3, -0.25) is 4.99 Å². The summed E-state index contributed by atoms with van der Waals surface area (Å²) in [6.07, 6.45) is 1.85. The zero-order valence-corrected chi connectivity index (χ0v) is 11.1. The maximum Gasteiger partial charge on any atom is 0.193 e. The van der Waals surface area contributed by atoms with E-state index < -0.39 is 0 Å². The van der Waals surface area contributed by atoms with Gasteiger partial charge in [-0.25, -0.2) is 4.98 Å². The number of piperazine rings is 1. The molecule has 0 bridgehead atoms. The lowest BCUT2D eigenvalue weighted by atomic mass is 10.3. The molecule has 18 heavy (non-hydrogen) atoms. The van der Waals surface area contributed by atoms with Crippen LogP contribution in [0.25, 0.3) is 0 Å². The van der Waals surface area contributed by atoms with E-state index in [0.29, 0.717) is 0 Å². The number of rotatable bonds is 2. The van der Waals surface area contributed by atoms with Crippen LogP contribution in [0.5, 0.6) is 0 Å². The van der Waals surface area contributed by atoms with Crippen molar-refractivity contribution in [2.45, 2.75) is 6.92 Å². The molecule has 0 aliphatic carbocycles. The molecule has 2 heterocycles. The second kappa shape index (κ2) is 6.23. The molecule has 1 aromatic rings. The number of hydrogen-bond donors (Lipinski definition) is 1. The lowest BCUT2D eigenvalue weighted by Crippen LogP contribution is -2.52. The standard InChI is InChI=1S/C13H21N5/c1-3-15-13(14-2)18-10-8-17(9-11-18)12-6-4-5-7-16-12/h4-7H,3,8-11H2,1-2H3,(H,14,15). The van der Waals surface area contributed by atoms with Gasteiger partial charge in [-0.1, -0.05) is 6.07 Å². The van der Waals surface area contributed by atoms with Gasteiger partial charge in [-0.2, -0.15) is 0 Å². The second-order valence-corrected chi connectivity index (χ2v) is 4.24. The van der Waals surface area contributed by atoms with Crippen LogP contribution in [0.1, 0.15) is 6.92 Å². The fourth-order valence-corrected chi connectivity index (χ4v) is 2.18. The number of aliphatic imine (C=N–C) groups is 1. The number of anilines is 1. The summed E-state index contributed by atoms with van der Waals surface area (Å²) in [5, 5.41) is 3.30. The molecule has 0 radical (unpaired) electrons. The Balaban J connectivity index is 1.92. The van der Waals surface area contributed by atoms with Crippen LogP contribution in [0.15, 0.2) is 29.4 Å². The van der Waals surface area contributed by atoms with E-state index in [1.807, 2.05) is 25.4 Å². The molecule has 0 unspecified atom stereocenters. The van der Waals surface area contributed by atoms with E-state index >= 15 is 0 Å². The molecule has 1 saturated heterocycles. The van der Waals surface area contributed by atoms with E-state index in [0.717, 1.165) is 44.5 Å². The molecule has 0 spiro atoms. The van der Waals surface area contributed by atoms with Gasteiger partial charge in [-0.15, -0.1) is 0 Å². The number of hydrogen-bond acceptors (Lipinski definition) is 3. The van der Waals surface area contributed by atoms with Crippen molar-refractivity contribution in [3.8, 4) is 0 Å². The molecule has 1 aliphatic heterocycles. The average molecular weight is 247 g/mol. The van der Waals surface area contributed by atoms with Crippen LogP contribution in [-0.4, -0.2) is 55.6 Å². The smallest absolute Gasteiger partial charge is 0.193 e. The van der Waals surface area contributed by atoms with Gasteiger partial charge in [0.1, 0.15) is 5.82 Å². The molecule has 2 rings (SSSR count). The third-order valence-corrected chi connectivity index (χ3v) is 3.10. The van der Waals surface area contributed by atoms with Crippen molar-refractivity contribution in [2.75, 3.05) is 44.7 Å². The first-order chi connectivity index (χ1) is 8.85. The zero-order valence-electron chi connectivity index (χ0n) is 11.1. The Morgan fingerprint density at radius 1 is 1.33 bits per heavy atom. The number of nitrogens with zero attached hydrogens (tertiary/aromatic N) is 4. The topological polar surface area (TPSA) is 43.8 Å². The zero-order chi connectivity index (χ0) is 12.8. The van der Waals surface area contributed by atoms with Gasteiger partial charge in [0.25, 0.3) is 0 Å². The highest BCUT2D eigenvalue weighted by Gasteiger charge is 2.19. The summed E-state index contributed by atoms with van der Waals surface area (Å²) in [5.41, 5.74) is 0. The van der Waals surface area contributed by atoms with E-state index in [1.165, 1.54) is 0 Å². The Morgan fingerprint density at radius 3 is 2.67 bits per heavy atom. The van der Waals surface area contributed by atoms with Crippen molar-refractivity contribution < 1.29 is 0 Å². The maximum absolute atomic E-state index is 4.39. The minimum absolute atomic E-state index is 0.910. The Morgan fingerprint density at radius 2 is 2.11 bits per heavy atom. The third kappa shape index (κ3) is 2.91. The van der Waals surface area contributed by atoms with E-state index in [4.69, 9.17) is 0 Å². The SMILES string of the molecule is CCNC(=NC)N1CCN(c2ccccn2)CC1. The predicted molar refractivity (Wildman–Crippen MR) is 75.1 cm³/mol. The van der Waals surface area contributed by atoms with Gasteiger partial charge in [0.2, 0.25) is 0 Å². The Labute approximate surface area is 109 Å². The Bertz CT molecular complexity index is 382. The summed E-state index contributed by atoms with van der Waals surface area (Å²) in [4.78, 5) is 13.3. The first kappa shape index (κ1) is 12.7. The number of aromatic nitrogens is 1. The van der Waals surface area contributed by atoms with Crippen LogP contribution < -0.4 is 10.2 Å². The molecule has 0 aromatic carbocycles. The van der Waals surface area contributed by atoms with Gasteiger partial charge in [0.15, 0.2) is 5.96 Å². The van der Waals surface area contributed by atoms with Crippen LogP contribution in [0.3, 0.4) is 0 Å². The molecular weight excluding hydrogens is 226 g/mol. The summed E-state index contributed by atoms with van der Waals surface area (Å²) in [7, 11) is 1.84. The second-order valence-electron chi connectivity index (χ2n) is 4.24. The largest absolute Gasteiger partial charge is 0.357 e. The van der Waals surface area contributed by atoms with Crippen molar-refractivity contribution in [2.24, 2.45) is 4.99 Å². The average Bonchev–Trinajstić information content (AvgIpc) is 2.46. The van der Waals surface area contributed by atoms with Crippen molar-refractivity contribution in [1.29, 1.82) is 0 Å². The molecule has 0 saturated carbocycles. The summed E-state index contributed by atoms with van der Waals surface area (Å²) < 4.78 is 0. The van der Waals surface area contributed by atoms with Gasteiger partial charge >= 0.3 is 0 Å². The van der Waals surface area contributed by atoms with Crippen molar-refractivity contribution >= 4 is 11.8 Å². The fraction of sp³-hybridized carbons (Fsp3) is 0.538. The first-order valence-electron chi connectivity index (χ1n) is 6.46. The lowest BCUT2D eigenvalue weighted by molar-refractivity contribution is 0.372. The van der Waals surface area contributed by atoms with Gasteiger partial charge < -0.3 is 15.1 Å². The predicted octanol–water partition coefficient (Wildman–Crippen LogP) is 0.799. The van der Waals surface area contributed by atoms with Crippen LogP contribution >= 0.6 is 0 Å². The highest BCUT2D eigenvalue weighted by molar-refractivity contribution is 5.80. The minimum atomic E-state index is 0.910. The van der Waals surface area contributed by atoms with Crippen LogP contribution in [0, 0.1) is 0 Å². The number of pyridine rings is 1. The van der Waals surface area contributed by atoms with E-state index in [1.54, 1.807) is 0 Å². The molecule has 1 aliphatic rings. The summed E-state index contributed by atoms with van der Waals surface area (Å²) >= 11 is 0. The number of nitrogens with one attached hydrogen (secondary N) is 1. The molecule has 1 aromatic heterocycles. The fourth-order valence-electron chi connectivity index (χ4n) is 2.18. The normalized spacial score (nSPS) is 16.9. The molecule has 0 atom stereocenters. The van der Waals surface area contributed by atoms with E-state index in [-0.39, 0.29) is 0 Å². The maximum atomic E-state index is 4.39. The van der Waals surface area contributed by atoms with Crippen LogP contribution in [-0.2, 0) is 0 Å². The van der Waals surface area contributed by atoms with E-state index in [2.05, 4.69) is 38.1 Å². The molecule has 5 heteroatoms. The van der Waals surface area contributed by atoms with Crippen molar-refractivity contribution in [3.63, 3.8) is 0 Å². The van der Waals surface area contributed by atoms with Gasteiger partial charge in [0.05, 0.1) is 0 Å². The summed E-state index contributed by atoms with van der Waals surface area (Å²) in [6, 6.07) is 6.05. The van der Waals surface area contributed by atoms with E-state index in [9.17, 15) is 0 Å². The number of guanidine groups is 1. The Kier molecular flexibility index (Phi) is 4.39. The summed E-state index contributed by atoms with van der Waals surface area (Å²) in [6.45, 7) is 6.94. The quantitative estimate of drug-likeness (QED) is 0.620. The highest BCUT2D eigenvalue weighted by Crippen LogP contribution is 2.12. The minimum Gasteiger partial charge on any atom is -0.357 e. The van der Waals surface area contributed by atoms with Gasteiger partial charge in [-0.05, 0) is 19.1 Å². The van der Waals surface area contributed by atoms with Gasteiger partial charge in [0, 0.05) is 46.0 Å². The highest BCUT2D eigenvalue weighted by atomic mass is 15.4. The molecular formula is C13H21N5. The molecule has 1 N–H and O–H groups in total. The third-order valence-electron chi connectivity index (χ3n) is 3.10.